The molecule has 0 bridgehead atoms. The number of benzene rings is 2. The zero-order valence-electron chi connectivity index (χ0n) is 15.7. The molecule has 6 nitrogen and oxygen atoms in total. The van der Waals surface area contributed by atoms with Crippen molar-refractivity contribution in [3.05, 3.63) is 60.3 Å². The molecule has 0 saturated heterocycles. The van der Waals surface area contributed by atoms with Crippen molar-refractivity contribution in [2.45, 2.75) is 13.0 Å². The van der Waals surface area contributed by atoms with Gasteiger partial charge in [-0.05, 0) is 36.8 Å². The minimum atomic E-state index is -3.01. The first-order valence-electron chi connectivity index (χ1n) is 8.96. The third-order valence-corrected chi connectivity index (χ3v) is 4.10. The van der Waals surface area contributed by atoms with Gasteiger partial charge in [0.05, 0.1) is 13.7 Å². The second-order valence-electron chi connectivity index (χ2n) is 6.03. The lowest BCUT2D eigenvalue weighted by molar-refractivity contribution is -0.0512. The van der Waals surface area contributed by atoms with Crippen molar-refractivity contribution >= 4 is 16.8 Å². The third kappa shape index (κ3) is 5.31. The molecular weight excluding hydrogens is 382 g/mol. The summed E-state index contributed by atoms with van der Waals surface area (Å²) in [4.78, 5) is 16.6. The number of pyridine rings is 1. The standard InChI is InChI=1S/C21H20F2N2O4/c1-27-16-9-8-15(13-18(16)29-21(22)23)20(26)25-11-4-12-28-17-7-2-5-14-6-3-10-24-19(14)17/h2-3,5-10,13,21H,4,11-12H2,1H3,(H,25,26). The van der Waals surface area contributed by atoms with E-state index in [1.807, 2.05) is 30.3 Å². The number of carbonyl (C=O) groups excluding carboxylic acids is 1. The van der Waals surface area contributed by atoms with Crippen molar-refractivity contribution in [2.75, 3.05) is 20.3 Å². The highest BCUT2D eigenvalue weighted by atomic mass is 19.3. The molecule has 0 spiro atoms. The number of nitrogens with one attached hydrogen (secondary N) is 1. The van der Waals surface area contributed by atoms with Crippen molar-refractivity contribution in [3.8, 4) is 17.2 Å². The summed E-state index contributed by atoms with van der Waals surface area (Å²) in [5.41, 5.74) is 0.976. The molecule has 8 heteroatoms. The fourth-order valence-corrected chi connectivity index (χ4v) is 2.76. The van der Waals surface area contributed by atoms with Crippen LogP contribution in [0.2, 0.25) is 0 Å². The van der Waals surface area contributed by atoms with Gasteiger partial charge in [0.2, 0.25) is 0 Å². The van der Waals surface area contributed by atoms with Crippen LogP contribution in [0.1, 0.15) is 16.8 Å². The van der Waals surface area contributed by atoms with Crippen LogP contribution in [-0.2, 0) is 0 Å². The zero-order valence-corrected chi connectivity index (χ0v) is 15.7. The summed E-state index contributed by atoms with van der Waals surface area (Å²) in [7, 11) is 1.33. The Morgan fingerprint density at radius 1 is 1.10 bits per heavy atom. The van der Waals surface area contributed by atoms with Crippen LogP contribution in [0.15, 0.2) is 54.7 Å². The Morgan fingerprint density at radius 3 is 2.72 bits per heavy atom. The number of alkyl halides is 2. The van der Waals surface area contributed by atoms with Crippen LogP contribution >= 0.6 is 0 Å². The normalized spacial score (nSPS) is 10.8. The highest BCUT2D eigenvalue weighted by Gasteiger charge is 2.14. The summed E-state index contributed by atoms with van der Waals surface area (Å²) in [6.45, 7) is -2.27. The second kappa shape index (κ2) is 9.68. The lowest BCUT2D eigenvalue weighted by Gasteiger charge is -2.12. The van der Waals surface area contributed by atoms with Crippen molar-refractivity contribution in [2.24, 2.45) is 0 Å². The van der Waals surface area contributed by atoms with E-state index < -0.39 is 12.5 Å². The number of hydrogen-bond donors (Lipinski definition) is 1. The Kier molecular flexibility index (Phi) is 6.78. The predicted octanol–water partition coefficient (Wildman–Crippen LogP) is 4.04. The molecular formula is C21H20F2N2O4. The van der Waals surface area contributed by atoms with E-state index in [9.17, 15) is 13.6 Å². The first-order valence-corrected chi connectivity index (χ1v) is 8.96. The smallest absolute Gasteiger partial charge is 0.387 e. The van der Waals surface area contributed by atoms with Gasteiger partial charge in [-0.1, -0.05) is 18.2 Å². The Hall–Kier alpha value is -3.42. The number of ether oxygens (including phenoxy) is 3. The van der Waals surface area contributed by atoms with Gasteiger partial charge in [-0.2, -0.15) is 8.78 Å². The largest absolute Gasteiger partial charge is 0.493 e. The van der Waals surface area contributed by atoms with Crippen molar-refractivity contribution in [1.29, 1.82) is 0 Å². The van der Waals surface area contributed by atoms with E-state index in [0.717, 1.165) is 10.9 Å². The number of hydrogen-bond acceptors (Lipinski definition) is 5. The monoisotopic (exact) mass is 402 g/mol. The molecule has 152 valence electrons. The van der Waals surface area contributed by atoms with E-state index in [-0.39, 0.29) is 17.1 Å². The second-order valence-corrected chi connectivity index (χ2v) is 6.03. The quantitative estimate of drug-likeness (QED) is 0.547. The molecule has 0 fully saturated rings. The molecule has 1 N–H and O–H groups in total. The molecule has 0 aliphatic heterocycles. The molecule has 1 heterocycles. The molecule has 1 amide bonds. The van der Waals surface area contributed by atoms with Crippen LogP contribution in [0.25, 0.3) is 10.9 Å². The number of methoxy groups -OCH3 is 1. The molecule has 0 unspecified atom stereocenters. The molecule has 29 heavy (non-hydrogen) atoms. The summed E-state index contributed by atoms with van der Waals surface area (Å²) < 4.78 is 40.1. The Bertz CT molecular complexity index is 977. The maximum absolute atomic E-state index is 12.5. The number of aromatic nitrogens is 1. The Morgan fingerprint density at radius 2 is 1.93 bits per heavy atom. The van der Waals surface area contributed by atoms with Gasteiger partial charge in [0.1, 0.15) is 11.3 Å². The molecule has 0 radical (unpaired) electrons. The Balaban J connectivity index is 1.51. The predicted molar refractivity (Wildman–Crippen MR) is 104 cm³/mol. The van der Waals surface area contributed by atoms with Crippen molar-refractivity contribution in [3.63, 3.8) is 0 Å². The SMILES string of the molecule is COc1ccc(C(=O)NCCCOc2cccc3cccnc23)cc1OC(F)F. The summed E-state index contributed by atoms with van der Waals surface area (Å²) in [5.74, 6) is 0.206. The highest BCUT2D eigenvalue weighted by molar-refractivity contribution is 5.94. The van der Waals surface area contributed by atoms with E-state index in [2.05, 4.69) is 15.0 Å². The first kappa shape index (κ1) is 20.3. The minimum absolute atomic E-state index is 0.124. The van der Waals surface area contributed by atoms with E-state index in [1.165, 1.54) is 25.3 Å². The van der Waals surface area contributed by atoms with Crippen LogP contribution in [0, 0.1) is 0 Å². The Labute approximate surface area is 166 Å². The average molecular weight is 402 g/mol. The van der Waals surface area contributed by atoms with Gasteiger partial charge in [0.25, 0.3) is 5.91 Å². The van der Waals surface area contributed by atoms with E-state index in [4.69, 9.17) is 9.47 Å². The van der Waals surface area contributed by atoms with Gasteiger partial charge >= 0.3 is 6.61 Å². The maximum Gasteiger partial charge on any atom is 0.387 e. The molecule has 2 aromatic carbocycles. The summed E-state index contributed by atoms with van der Waals surface area (Å²) in [6, 6.07) is 13.6. The fourth-order valence-electron chi connectivity index (χ4n) is 2.76. The average Bonchev–Trinajstić information content (AvgIpc) is 2.73. The van der Waals surface area contributed by atoms with Gasteiger partial charge < -0.3 is 19.5 Å². The van der Waals surface area contributed by atoms with Crippen molar-refractivity contribution < 1.29 is 27.8 Å². The van der Waals surface area contributed by atoms with Gasteiger partial charge in [-0.15, -0.1) is 0 Å². The number of carbonyl (C=O) groups is 1. The summed E-state index contributed by atoms with van der Waals surface area (Å²) >= 11 is 0. The van der Waals surface area contributed by atoms with Gasteiger partial charge in [-0.3, -0.25) is 9.78 Å². The number of rotatable bonds is 9. The van der Waals surface area contributed by atoms with Gasteiger partial charge in [-0.25, -0.2) is 0 Å². The van der Waals surface area contributed by atoms with Crippen molar-refractivity contribution in [1.82, 2.24) is 10.3 Å². The number of amides is 1. The third-order valence-electron chi connectivity index (χ3n) is 4.10. The fraction of sp³-hybridized carbons (Fsp3) is 0.238. The first-order chi connectivity index (χ1) is 14.1. The topological polar surface area (TPSA) is 69.7 Å². The number of fused-ring (bicyclic) bond motifs is 1. The van der Waals surface area contributed by atoms with Crippen LogP contribution in [0.4, 0.5) is 8.78 Å². The zero-order chi connectivity index (χ0) is 20.6. The summed E-state index contributed by atoms with van der Waals surface area (Å²) in [5, 5.41) is 3.71. The van der Waals surface area contributed by atoms with E-state index >= 15 is 0 Å². The minimum Gasteiger partial charge on any atom is -0.493 e. The number of para-hydroxylation sites is 1. The van der Waals surface area contributed by atoms with Crippen LogP contribution < -0.4 is 19.5 Å². The maximum atomic E-state index is 12.5. The molecule has 0 aliphatic carbocycles. The number of halogens is 2. The molecule has 0 aliphatic rings. The lowest BCUT2D eigenvalue weighted by atomic mass is 10.2. The molecule has 0 saturated carbocycles. The van der Waals surface area contributed by atoms with E-state index in [1.54, 1.807) is 6.20 Å². The molecule has 3 aromatic rings. The van der Waals surface area contributed by atoms with E-state index in [0.29, 0.717) is 25.3 Å². The van der Waals surface area contributed by atoms with Crippen LogP contribution in [0.3, 0.4) is 0 Å². The molecule has 0 atom stereocenters. The highest BCUT2D eigenvalue weighted by Crippen LogP contribution is 2.29. The lowest BCUT2D eigenvalue weighted by Crippen LogP contribution is -2.25. The molecule has 1 aromatic heterocycles. The summed E-state index contributed by atoms with van der Waals surface area (Å²) in [6.07, 6.45) is 2.27. The number of nitrogens with zero attached hydrogens (tertiary/aromatic N) is 1. The van der Waals surface area contributed by atoms with Crippen LogP contribution in [0.5, 0.6) is 17.2 Å². The molecule has 3 rings (SSSR count). The van der Waals surface area contributed by atoms with Gasteiger partial charge in [0.15, 0.2) is 11.5 Å². The van der Waals surface area contributed by atoms with Gasteiger partial charge in [0, 0.05) is 23.7 Å². The van der Waals surface area contributed by atoms with Crippen LogP contribution in [-0.4, -0.2) is 37.8 Å².